The highest BCUT2D eigenvalue weighted by molar-refractivity contribution is 5.99. The number of allylic oxidation sites excluding steroid dienone is 2. The first-order valence-corrected chi connectivity index (χ1v) is 12.5. The second-order valence-electron chi connectivity index (χ2n) is 9.44. The van der Waals surface area contributed by atoms with Gasteiger partial charge in [0.2, 0.25) is 5.88 Å². The van der Waals surface area contributed by atoms with Crippen LogP contribution in [0.25, 0.3) is 0 Å². The number of Topliss-reactive ketones (excluding diaryl/α,β-unsaturated/α-hetero) is 1. The average molecular weight is 477 g/mol. The summed E-state index contributed by atoms with van der Waals surface area (Å²) in [6.45, 7) is 3.14. The van der Waals surface area contributed by atoms with E-state index in [4.69, 9.17) is 14.6 Å². The zero-order chi connectivity index (χ0) is 24.5. The van der Waals surface area contributed by atoms with Gasteiger partial charge in [-0.2, -0.15) is 5.10 Å². The summed E-state index contributed by atoms with van der Waals surface area (Å²) in [6, 6.07) is 28.5. The van der Waals surface area contributed by atoms with E-state index in [1.807, 2.05) is 60.1 Å². The summed E-state index contributed by atoms with van der Waals surface area (Å²) in [6.07, 6.45) is 2.14. The molecule has 0 saturated heterocycles. The van der Waals surface area contributed by atoms with Crippen LogP contribution in [0, 0.1) is 6.92 Å². The van der Waals surface area contributed by atoms with Crippen molar-refractivity contribution in [3.8, 4) is 11.6 Å². The maximum atomic E-state index is 13.2. The van der Waals surface area contributed by atoms with Crippen molar-refractivity contribution in [3.05, 3.63) is 124 Å². The minimum atomic E-state index is -0.191. The SMILES string of the molecule is Cc1nn(Cc2ccccc2)c2c1[C@H](c1ccc(OCc3ccccc3)cc1)C1=C(CCCC1=O)O2. The van der Waals surface area contributed by atoms with Crippen LogP contribution < -0.4 is 9.47 Å². The van der Waals surface area contributed by atoms with Gasteiger partial charge >= 0.3 is 0 Å². The summed E-state index contributed by atoms with van der Waals surface area (Å²) in [5.74, 6) is 2.33. The van der Waals surface area contributed by atoms with Crippen LogP contribution in [-0.4, -0.2) is 15.6 Å². The lowest BCUT2D eigenvalue weighted by Crippen LogP contribution is -2.26. The molecule has 36 heavy (non-hydrogen) atoms. The Morgan fingerprint density at radius 3 is 2.33 bits per heavy atom. The molecule has 0 radical (unpaired) electrons. The maximum absolute atomic E-state index is 13.2. The van der Waals surface area contributed by atoms with Crippen molar-refractivity contribution in [2.75, 3.05) is 0 Å². The number of hydrogen-bond donors (Lipinski definition) is 0. The molecule has 1 aliphatic carbocycles. The van der Waals surface area contributed by atoms with E-state index in [0.717, 1.165) is 63.8 Å². The van der Waals surface area contributed by atoms with Gasteiger partial charge in [-0.1, -0.05) is 72.8 Å². The van der Waals surface area contributed by atoms with Crippen LogP contribution in [0.5, 0.6) is 11.6 Å². The number of fused-ring (bicyclic) bond motifs is 1. The highest BCUT2D eigenvalue weighted by Gasteiger charge is 2.40. The van der Waals surface area contributed by atoms with Gasteiger partial charge in [0.25, 0.3) is 0 Å². The van der Waals surface area contributed by atoms with Crippen LogP contribution >= 0.6 is 0 Å². The van der Waals surface area contributed by atoms with Crippen LogP contribution in [0.2, 0.25) is 0 Å². The smallest absolute Gasteiger partial charge is 0.222 e. The van der Waals surface area contributed by atoms with E-state index in [-0.39, 0.29) is 11.7 Å². The molecule has 3 aromatic carbocycles. The second-order valence-corrected chi connectivity index (χ2v) is 9.44. The van der Waals surface area contributed by atoms with Crippen molar-refractivity contribution in [2.45, 2.75) is 45.3 Å². The number of hydrogen-bond acceptors (Lipinski definition) is 4. The Kier molecular flexibility index (Phi) is 5.90. The van der Waals surface area contributed by atoms with Crippen LogP contribution in [0.4, 0.5) is 0 Å². The third kappa shape index (κ3) is 4.22. The largest absolute Gasteiger partial charge is 0.489 e. The zero-order valence-corrected chi connectivity index (χ0v) is 20.3. The molecular weight excluding hydrogens is 448 g/mol. The predicted octanol–water partition coefficient (Wildman–Crippen LogP) is 6.35. The number of carbonyl (C=O) groups is 1. The fraction of sp³-hybridized carbons (Fsp3) is 0.226. The van der Waals surface area contributed by atoms with Gasteiger partial charge in [0.15, 0.2) is 5.78 Å². The molecule has 0 N–H and O–H groups in total. The van der Waals surface area contributed by atoms with E-state index in [9.17, 15) is 4.79 Å². The highest BCUT2D eigenvalue weighted by Crippen LogP contribution is 2.48. The molecule has 0 saturated carbocycles. The third-order valence-electron chi connectivity index (χ3n) is 6.97. The molecule has 0 fully saturated rings. The Bertz CT molecular complexity index is 1420. The lowest BCUT2D eigenvalue weighted by molar-refractivity contribution is -0.116. The number of ether oxygens (including phenoxy) is 2. The van der Waals surface area contributed by atoms with Crippen molar-refractivity contribution < 1.29 is 14.3 Å². The van der Waals surface area contributed by atoms with E-state index in [0.29, 0.717) is 19.6 Å². The average Bonchev–Trinajstić information content (AvgIpc) is 3.22. The van der Waals surface area contributed by atoms with E-state index >= 15 is 0 Å². The molecule has 1 atom stereocenters. The number of rotatable bonds is 6. The molecule has 5 heteroatoms. The van der Waals surface area contributed by atoms with Crippen molar-refractivity contribution in [3.63, 3.8) is 0 Å². The summed E-state index contributed by atoms with van der Waals surface area (Å²) < 4.78 is 14.4. The number of aromatic nitrogens is 2. The van der Waals surface area contributed by atoms with E-state index in [1.165, 1.54) is 0 Å². The van der Waals surface area contributed by atoms with Crippen LogP contribution in [0.1, 0.15) is 53.1 Å². The molecule has 0 spiro atoms. The molecule has 2 heterocycles. The number of aryl methyl sites for hydroxylation is 1. The van der Waals surface area contributed by atoms with Gasteiger partial charge in [0, 0.05) is 29.9 Å². The van der Waals surface area contributed by atoms with Gasteiger partial charge in [0.1, 0.15) is 18.1 Å². The van der Waals surface area contributed by atoms with E-state index < -0.39 is 0 Å². The molecular formula is C31H28N2O3. The lowest BCUT2D eigenvalue weighted by Gasteiger charge is -2.31. The summed E-state index contributed by atoms with van der Waals surface area (Å²) >= 11 is 0. The van der Waals surface area contributed by atoms with Crippen molar-refractivity contribution in [1.82, 2.24) is 9.78 Å². The highest BCUT2D eigenvalue weighted by atomic mass is 16.5. The quantitative estimate of drug-likeness (QED) is 0.325. The first-order chi connectivity index (χ1) is 17.7. The minimum Gasteiger partial charge on any atom is -0.489 e. The van der Waals surface area contributed by atoms with Crippen LogP contribution in [0.15, 0.2) is 96.3 Å². The molecule has 1 aliphatic heterocycles. The standard InChI is InChI=1S/C31H28N2O3/c1-21-28-29(24-15-17-25(18-16-24)35-20-23-11-6-3-7-12-23)30-26(34)13-8-14-27(30)36-31(28)33(32-21)19-22-9-4-2-5-10-22/h2-7,9-12,15-18,29H,8,13-14,19-20H2,1H3/t29-/m0/s1. The van der Waals surface area contributed by atoms with Gasteiger partial charge in [0.05, 0.1) is 12.2 Å². The second kappa shape index (κ2) is 9.50. The molecule has 4 aromatic rings. The topological polar surface area (TPSA) is 53.4 Å². The maximum Gasteiger partial charge on any atom is 0.222 e. The Labute approximate surface area is 211 Å². The lowest BCUT2D eigenvalue weighted by atomic mass is 9.77. The molecule has 6 rings (SSSR count). The Balaban J connectivity index is 1.35. The van der Waals surface area contributed by atoms with Crippen LogP contribution in [0.3, 0.4) is 0 Å². The summed E-state index contributed by atoms with van der Waals surface area (Å²) in [4.78, 5) is 13.2. The number of nitrogens with zero attached hydrogens (tertiary/aromatic N) is 2. The Morgan fingerprint density at radius 1 is 0.917 bits per heavy atom. The monoisotopic (exact) mass is 476 g/mol. The number of carbonyl (C=O) groups excluding carboxylic acids is 1. The van der Waals surface area contributed by atoms with Gasteiger partial charge in [-0.05, 0) is 42.2 Å². The molecule has 0 bridgehead atoms. The third-order valence-corrected chi connectivity index (χ3v) is 6.97. The van der Waals surface area contributed by atoms with E-state index in [1.54, 1.807) is 0 Å². The molecule has 5 nitrogen and oxygen atoms in total. The summed E-state index contributed by atoms with van der Waals surface area (Å²) in [5, 5.41) is 4.86. The fourth-order valence-corrected chi connectivity index (χ4v) is 5.23. The molecule has 0 amide bonds. The summed E-state index contributed by atoms with van der Waals surface area (Å²) in [5.41, 5.74) is 5.99. The molecule has 0 unspecified atom stereocenters. The fourth-order valence-electron chi connectivity index (χ4n) is 5.23. The minimum absolute atomic E-state index is 0.173. The van der Waals surface area contributed by atoms with Gasteiger partial charge < -0.3 is 9.47 Å². The van der Waals surface area contributed by atoms with Crippen LogP contribution in [-0.2, 0) is 17.9 Å². The molecule has 2 aliphatic rings. The van der Waals surface area contributed by atoms with Gasteiger partial charge in [-0.25, -0.2) is 4.68 Å². The van der Waals surface area contributed by atoms with Crippen molar-refractivity contribution in [2.24, 2.45) is 0 Å². The first-order valence-electron chi connectivity index (χ1n) is 12.5. The number of benzene rings is 3. The van der Waals surface area contributed by atoms with Gasteiger partial charge in [-0.15, -0.1) is 0 Å². The Morgan fingerprint density at radius 2 is 1.61 bits per heavy atom. The molecule has 180 valence electrons. The van der Waals surface area contributed by atoms with E-state index in [2.05, 4.69) is 36.4 Å². The Hall–Kier alpha value is -4.12. The summed E-state index contributed by atoms with van der Waals surface area (Å²) in [7, 11) is 0. The number of ketones is 1. The normalized spacial score (nSPS) is 16.8. The zero-order valence-electron chi connectivity index (χ0n) is 20.3. The van der Waals surface area contributed by atoms with Crippen molar-refractivity contribution >= 4 is 5.78 Å². The predicted molar refractivity (Wildman–Crippen MR) is 138 cm³/mol. The van der Waals surface area contributed by atoms with Crippen molar-refractivity contribution in [1.29, 1.82) is 0 Å². The van der Waals surface area contributed by atoms with Gasteiger partial charge in [-0.3, -0.25) is 4.79 Å². The first kappa shape index (κ1) is 22.4. The molecule has 1 aromatic heterocycles.